The van der Waals surface area contributed by atoms with Crippen LogP contribution in [0, 0.1) is 5.92 Å². The van der Waals surface area contributed by atoms with Crippen LogP contribution in [0.25, 0.3) is 0 Å². The summed E-state index contributed by atoms with van der Waals surface area (Å²) < 4.78 is 0. The van der Waals surface area contributed by atoms with Crippen LogP contribution in [-0.2, 0) is 9.59 Å². The van der Waals surface area contributed by atoms with Gasteiger partial charge in [-0.25, -0.2) is 0 Å². The van der Waals surface area contributed by atoms with Crippen molar-refractivity contribution >= 4 is 11.8 Å². The molecule has 0 radical (unpaired) electrons. The van der Waals surface area contributed by atoms with Crippen LogP contribution in [0.3, 0.4) is 0 Å². The molecule has 0 aromatic rings. The highest BCUT2D eigenvalue weighted by molar-refractivity contribution is 6.34. The van der Waals surface area contributed by atoms with E-state index in [1.54, 1.807) is 0 Å². The Morgan fingerprint density at radius 3 is 2.46 bits per heavy atom. The summed E-state index contributed by atoms with van der Waals surface area (Å²) in [5.41, 5.74) is 4.85. The molecule has 0 saturated heterocycles. The van der Waals surface area contributed by atoms with Crippen LogP contribution in [-0.4, -0.2) is 17.9 Å². The van der Waals surface area contributed by atoms with Gasteiger partial charge in [0.1, 0.15) is 0 Å². The maximum absolute atomic E-state index is 11.0. The highest BCUT2D eigenvalue weighted by Crippen LogP contribution is 2.23. The lowest BCUT2D eigenvalue weighted by atomic mass is 9.86. The molecule has 1 rings (SSSR count). The van der Waals surface area contributed by atoms with Gasteiger partial charge in [0, 0.05) is 6.04 Å². The number of nitrogens with two attached hydrogens (primary N) is 1. The summed E-state index contributed by atoms with van der Waals surface area (Å²) in [6.45, 7) is 2.09. The van der Waals surface area contributed by atoms with Crippen molar-refractivity contribution in [1.82, 2.24) is 5.32 Å². The van der Waals surface area contributed by atoms with Crippen LogP contribution in [0.4, 0.5) is 0 Å². The molecule has 1 aliphatic carbocycles. The van der Waals surface area contributed by atoms with Gasteiger partial charge in [0.15, 0.2) is 0 Å². The zero-order valence-electron chi connectivity index (χ0n) is 7.88. The lowest BCUT2D eigenvalue weighted by molar-refractivity contribution is -0.138. The van der Waals surface area contributed by atoms with E-state index < -0.39 is 11.8 Å². The SMILES string of the molecule is C[C@H]1CCCC[C@@H]1NC(=O)C(N)=O. The zero-order chi connectivity index (χ0) is 9.84. The second-order valence-electron chi connectivity index (χ2n) is 3.71. The van der Waals surface area contributed by atoms with Crippen molar-refractivity contribution in [2.75, 3.05) is 0 Å². The predicted molar refractivity (Wildman–Crippen MR) is 48.8 cm³/mol. The highest BCUT2D eigenvalue weighted by atomic mass is 16.2. The first-order chi connectivity index (χ1) is 6.11. The fourth-order valence-electron chi connectivity index (χ4n) is 1.77. The first-order valence-electron chi connectivity index (χ1n) is 4.71. The largest absolute Gasteiger partial charge is 0.361 e. The van der Waals surface area contributed by atoms with Crippen LogP contribution in [0.1, 0.15) is 32.6 Å². The van der Waals surface area contributed by atoms with Crippen molar-refractivity contribution in [2.45, 2.75) is 38.6 Å². The highest BCUT2D eigenvalue weighted by Gasteiger charge is 2.24. The Morgan fingerprint density at radius 2 is 1.92 bits per heavy atom. The molecule has 1 saturated carbocycles. The Hall–Kier alpha value is -1.06. The molecule has 2 amide bonds. The molecule has 0 heterocycles. The van der Waals surface area contributed by atoms with E-state index in [1.165, 1.54) is 6.42 Å². The van der Waals surface area contributed by atoms with Gasteiger partial charge in [0.25, 0.3) is 0 Å². The number of carbonyl (C=O) groups is 2. The molecule has 4 heteroatoms. The summed E-state index contributed by atoms with van der Waals surface area (Å²) in [5.74, 6) is -1.09. The average Bonchev–Trinajstić information content (AvgIpc) is 2.08. The zero-order valence-corrected chi connectivity index (χ0v) is 7.88. The van der Waals surface area contributed by atoms with Crippen molar-refractivity contribution < 1.29 is 9.59 Å². The van der Waals surface area contributed by atoms with Crippen LogP contribution >= 0.6 is 0 Å². The smallest absolute Gasteiger partial charge is 0.309 e. The fourth-order valence-corrected chi connectivity index (χ4v) is 1.77. The third-order valence-corrected chi connectivity index (χ3v) is 2.65. The van der Waals surface area contributed by atoms with Gasteiger partial charge >= 0.3 is 11.8 Å². The fraction of sp³-hybridized carbons (Fsp3) is 0.778. The van der Waals surface area contributed by atoms with Crippen LogP contribution in [0.2, 0.25) is 0 Å². The Bertz CT molecular complexity index is 216. The molecule has 74 valence electrons. The molecule has 0 aromatic carbocycles. The lowest BCUT2D eigenvalue weighted by Crippen LogP contribution is -2.46. The van der Waals surface area contributed by atoms with Gasteiger partial charge in [-0.1, -0.05) is 19.8 Å². The Balaban J connectivity index is 2.42. The molecule has 3 N–H and O–H groups in total. The maximum Gasteiger partial charge on any atom is 0.309 e. The van der Waals surface area contributed by atoms with Gasteiger partial charge in [0.05, 0.1) is 0 Å². The van der Waals surface area contributed by atoms with E-state index in [0.717, 1.165) is 19.3 Å². The second-order valence-corrected chi connectivity index (χ2v) is 3.71. The molecule has 0 spiro atoms. The number of hydrogen-bond acceptors (Lipinski definition) is 2. The number of hydrogen-bond donors (Lipinski definition) is 2. The number of carbonyl (C=O) groups excluding carboxylic acids is 2. The molecular formula is C9H16N2O2. The second kappa shape index (κ2) is 4.25. The molecule has 1 aliphatic rings. The lowest BCUT2D eigenvalue weighted by Gasteiger charge is -2.28. The molecule has 4 nitrogen and oxygen atoms in total. The first kappa shape index (κ1) is 10.0. The molecule has 0 aromatic heterocycles. The summed E-state index contributed by atoms with van der Waals surface area (Å²) in [7, 11) is 0. The first-order valence-corrected chi connectivity index (χ1v) is 4.71. The van der Waals surface area contributed by atoms with Gasteiger partial charge in [0.2, 0.25) is 0 Å². The molecule has 13 heavy (non-hydrogen) atoms. The van der Waals surface area contributed by atoms with Crippen molar-refractivity contribution in [1.29, 1.82) is 0 Å². The summed E-state index contributed by atoms with van der Waals surface area (Å²) in [4.78, 5) is 21.5. The standard InChI is InChI=1S/C9H16N2O2/c1-6-4-2-3-5-7(6)11-9(13)8(10)12/h6-7H,2-5H2,1H3,(H2,10,12)(H,11,13)/t6-,7-/m0/s1. The number of amides is 2. The van der Waals surface area contributed by atoms with E-state index >= 15 is 0 Å². The van der Waals surface area contributed by atoms with E-state index in [2.05, 4.69) is 12.2 Å². The van der Waals surface area contributed by atoms with E-state index in [-0.39, 0.29) is 6.04 Å². The maximum atomic E-state index is 11.0. The van der Waals surface area contributed by atoms with Gasteiger partial charge in [-0.2, -0.15) is 0 Å². The predicted octanol–water partition coefficient (Wildman–Crippen LogP) is 0.167. The molecule has 0 aliphatic heterocycles. The number of rotatable bonds is 1. The number of nitrogens with one attached hydrogen (secondary N) is 1. The number of primary amides is 1. The van der Waals surface area contributed by atoms with Gasteiger partial charge in [-0.05, 0) is 18.8 Å². The molecular weight excluding hydrogens is 168 g/mol. The van der Waals surface area contributed by atoms with Crippen molar-refractivity contribution in [3.05, 3.63) is 0 Å². The normalized spacial score (nSPS) is 28.1. The van der Waals surface area contributed by atoms with Crippen LogP contribution in [0.5, 0.6) is 0 Å². The van der Waals surface area contributed by atoms with E-state index in [4.69, 9.17) is 5.73 Å². The topological polar surface area (TPSA) is 72.2 Å². The summed E-state index contributed by atoms with van der Waals surface area (Å²) in [6, 6.07) is 0.133. The summed E-state index contributed by atoms with van der Waals surface area (Å²) >= 11 is 0. The van der Waals surface area contributed by atoms with Crippen LogP contribution < -0.4 is 11.1 Å². The van der Waals surface area contributed by atoms with Gasteiger partial charge < -0.3 is 11.1 Å². The Kier molecular flexibility index (Phi) is 3.28. The Labute approximate surface area is 77.9 Å². The molecule has 1 fully saturated rings. The van der Waals surface area contributed by atoms with E-state index in [1.807, 2.05) is 0 Å². The quantitative estimate of drug-likeness (QED) is 0.570. The minimum Gasteiger partial charge on any atom is -0.361 e. The summed E-state index contributed by atoms with van der Waals surface area (Å²) in [5, 5.41) is 2.65. The van der Waals surface area contributed by atoms with Gasteiger partial charge in [-0.15, -0.1) is 0 Å². The van der Waals surface area contributed by atoms with E-state index in [9.17, 15) is 9.59 Å². The van der Waals surface area contributed by atoms with Crippen LogP contribution in [0.15, 0.2) is 0 Å². The molecule has 2 atom stereocenters. The van der Waals surface area contributed by atoms with Crippen molar-refractivity contribution in [3.63, 3.8) is 0 Å². The molecule has 0 bridgehead atoms. The average molecular weight is 184 g/mol. The third-order valence-electron chi connectivity index (χ3n) is 2.65. The van der Waals surface area contributed by atoms with Gasteiger partial charge in [-0.3, -0.25) is 9.59 Å². The van der Waals surface area contributed by atoms with Crippen molar-refractivity contribution in [3.8, 4) is 0 Å². The minimum absolute atomic E-state index is 0.133. The monoisotopic (exact) mass is 184 g/mol. The van der Waals surface area contributed by atoms with E-state index in [0.29, 0.717) is 5.92 Å². The summed E-state index contributed by atoms with van der Waals surface area (Å²) in [6.07, 6.45) is 4.40. The molecule has 0 unspecified atom stereocenters. The van der Waals surface area contributed by atoms with Crippen molar-refractivity contribution in [2.24, 2.45) is 11.7 Å². The minimum atomic E-state index is -0.891. The Morgan fingerprint density at radius 1 is 1.31 bits per heavy atom. The third kappa shape index (κ3) is 2.72.